The molecule has 0 saturated carbocycles. The Bertz CT molecular complexity index is 503. The number of aromatic nitrogens is 2. The van der Waals surface area contributed by atoms with Crippen LogP contribution in [0.25, 0.3) is 0 Å². The lowest BCUT2D eigenvalue weighted by Gasteiger charge is -2.36. The van der Waals surface area contributed by atoms with E-state index >= 15 is 0 Å². The molecule has 2 atom stereocenters. The summed E-state index contributed by atoms with van der Waals surface area (Å²) in [4.78, 5) is 12.8. The lowest BCUT2D eigenvalue weighted by molar-refractivity contribution is -0.0920. The average molecular weight is 278 g/mol. The minimum Gasteiger partial charge on any atom is -0.378 e. The summed E-state index contributed by atoms with van der Waals surface area (Å²) in [6.45, 7) is 4.06. The van der Waals surface area contributed by atoms with Gasteiger partial charge in [-0.3, -0.25) is 9.48 Å². The second-order valence-corrected chi connectivity index (χ2v) is 5.90. The van der Waals surface area contributed by atoms with E-state index in [9.17, 15) is 4.79 Å². The van der Waals surface area contributed by atoms with Crippen LogP contribution in [-0.4, -0.2) is 41.0 Å². The van der Waals surface area contributed by atoms with Crippen LogP contribution in [0.3, 0.4) is 0 Å². The van der Waals surface area contributed by atoms with Gasteiger partial charge in [-0.15, -0.1) is 0 Å². The largest absolute Gasteiger partial charge is 0.378 e. The highest BCUT2D eigenvalue weighted by Crippen LogP contribution is 2.37. The maximum Gasteiger partial charge on any atom is 0.169 e. The number of Topliss-reactive ketones (excluding diaryl/α,β-unsaturated/α-hetero) is 1. The van der Waals surface area contributed by atoms with Crippen LogP contribution in [0.1, 0.15) is 42.2 Å². The van der Waals surface area contributed by atoms with E-state index in [4.69, 9.17) is 9.47 Å². The fourth-order valence-corrected chi connectivity index (χ4v) is 3.34. The Morgan fingerprint density at radius 2 is 2.40 bits per heavy atom. The summed E-state index contributed by atoms with van der Waals surface area (Å²) in [5, 5.41) is 4.37. The van der Waals surface area contributed by atoms with Gasteiger partial charge < -0.3 is 9.47 Å². The molecule has 0 aliphatic carbocycles. The summed E-state index contributed by atoms with van der Waals surface area (Å²) in [7, 11) is 1.87. The summed E-state index contributed by atoms with van der Waals surface area (Å²) >= 11 is 0. The number of carbonyl (C=O) groups excluding carboxylic acids is 1. The number of ether oxygens (including phenoxy) is 2. The molecule has 0 aromatic carbocycles. The van der Waals surface area contributed by atoms with Gasteiger partial charge in [0.05, 0.1) is 23.5 Å². The van der Waals surface area contributed by atoms with Crippen molar-refractivity contribution in [2.45, 2.75) is 38.2 Å². The van der Waals surface area contributed by atoms with Crippen molar-refractivity contribution in [2.75, 3.05) is 19.8 Å². The molecular formula is C15H22N2O3. The van der Waals surface area contributed by atoms with Crippen LogP contribution in [-0.2, 0) is 22.9 Å². The highest BCUT2D eigenvalue weighted by atomic mass is 16.6. The van der Waals surface area contributed by atoms with Crippen molar-refractivity contribution in [2.24, 2.45) is 13.0 Å². The van der Waals surface area contributed by atoms with Crippen molar-refractivity contribution < 1.29 is 14.3 Å². The Hall–Kier alpha value is -1.20. The van der Waals surface area contributed by atoms with Gasteiger partial charge in [0.2, 0.25) is 0 Å². The number of rotatable bonds is 3. The molecule has 1 spiro atoms. The molecule has 3 rings (SSSR count). The predicted octanol–water partition coefficient (Wildman–Crippen LogP) is 1.75. The molecule has 1 aromatic heterocycles. The van der Waals surface area contributed by atoms with E-state index in [1.807, 2.05) is 20.2 Å². The molecule has 5 nitrogen and oxygen atoms in total. The number of hydrogen-bond donors (Lipinski definition) is 0. The lowest BCUT2D eigenvalue weighted by atomic mass is 9.81. The molecule has 5 heteroatoms. The van der Waals surface area contributed by atoms with Crippen molar-refractivity contribution in [3.8, 4) is 0 Å². The molecule has 0 N–H and O–H groups in total. The van der Waals surface area contributed by atoms with Crippen LogP contribution >= 0.6 is 0 Å². The van der Waals surface area contributed by atoms with E-state index in [1.54, 1.807) is 4.68 Å². The average Bonchev–Trinajstić information content (AvgIpc) is 3.05. The first-order chi connectivity index (χ1) is 9.63. The molecule has 0 amide bonds. The first-order valence-corrected chi connectivity index (χ1v) is 7.42. The molecule has 0 bridgehead atoms. The Balaban J connectivity index is 1.79. The molecule has 3 heterocycles. The zero-order valence-electron chi connectivity index (χ0n) is 12.2. The van der Waals surface area contributed by atoms with Crippen LogP contribution in [0.4, 0.5) is 0 Å². The number of aryl methyl sites for hydroxylation is 2. The zero-order chi connectivity index (χ0) is 14.2. The molecule has 2 fully saturated rings. The smallest absolute Gasteiger partial charge is 0.169 e. The number of nitrogens with zero attached hydrogens (tertiary/aromatic N) is 2. The van der Waals surface area contributed by atoms with Gasteiger partial charge in [0.25, 0.3) is 0 Å². The molecular weight excluding hydrogens is 256 g/mol. The zero-order valence-corrected chi connectivity index (χ0v) is 12.2. The maximum atomic E-state index is 12.8. The SMILES string of the molecule is CCc1nn(C)cc1C(=O)C1CCOC2(CCOC2)C1. The molecule has 2 saturated heterocycles. The standard InChI is InChI=1S/C15H22N2O3/c1-3-13-12(9-17(2)16-13)14(18)11-4-6-20-15(8-11)5-7-19-10-15/h9,11H,3-8,10H2,1-2H3. The van der Waals surface area contributed by atoms with Crippen molar-refractivity contribution in [3.63, 3.8) is 0 Å². The monoisotopic (exact) mass is 278 g/mol. The van der Waals surface area contributed by atoms with Crippen LogP contribution < -0.4 is 0 Å². The first-order valence-electron chi connectivity index (χ1n) is 7.42. The van der Waals surface area contributed by atoms with Gasteiger partial charge in [0.15, 0.2) is 5.78 Å². The minimum atomic E-state index is -0.215. The highest BCUT2D eigenvalue weighted by Gasteiger charge is 2.43. The van der Waals surface area contributed by atoms with E-state index in [-0.39, 0.29) is 17.3 Å². The van der Waals surface area contributed by atoms with Crippen molar-refractivity contribution >= 4 is 5.78 Å². The van der Waals surface area contributed by atoms with Gasteiger partial charge in [-0.25, -0.2) is 0 Å². The number of hydrogen-bond acceptors (Lipinski definition) is 4. The number of ketones is 1. The third kappa shape index (κ3) is 2.40. The van der Waals surface area contributed by atoms with Gasteiger partial charge in [0, 0.05) is 38.8 Å². The predicted molar refractivity (Wildman–Crippen MR) is 73.8 cm³/mol. The molecule has 110 valence electrons. The summed E-state index contributed by atoms with van der Waals surface area (Å²) in [5.41, 5.74) is 1.48. The molecule has 2 unspecified atom stereocenters. The van der Waals surface area contributed by atoms with Crippen molar-refractivity contribution in [1.82, 2.24) is 9.78 Å². The van der Waals surface area contributed by atoms with Crippen LogP contribution in [0.15, 0.2) is 6.20 Å². The van der Waals surface area contributed by atoms with Gasteiger partial charge in [-0.05, 0) is 19.3 Å². The maximum absolute atomic E-state index is 12.8. The first kappa shape index (κ1) is 13.8. The Morgan fingerprint density at radius 1 is 1.55 bits per heavy atom. The van der Waals surface area contributed by atoms with Crippen LogP contribution in [0, 0.1) is 5.92 Å². The van der Waals surface area contributed by atoms with Gasteiger partial charge >= 0.3 is 0 Å². The second-order valence-electron chi connectivity index (χ2n) is 5.90. The van der Waals surface area contributed by atoms with Gasteiger partial charge in [0.1, 0.15) is 0 Å². The minimum absolute atomic E-state index is 0.0416. The summed E-state index contributed by atoms with van der Waals surface area (Å²) in [5.74, 6) is 0.268. The van der Waals surface area contributed by atoms with Crippen LogP contribution in [0.2, 0.25) is 0 Å². The summed E-state index contributed by atoms with van der Waals surface area (Å²) in [6, 6.07) is 0. The van der Waals surface area contributed by atoms with Crippen LogP contribution in [0.5, 0.6) is 0 Å². The third-order valence-corrected chi connectivity index (χ3v) is 4.44. The quantitative estimate of drug-likeness (QED) is 0.790. The van der Waals surface area contributed by atoms with E-state index in [0.29, 0.717) is 13.2 Å². The topological polar surface area (TPSA) is 53.4 Å². The van der Waals surface area contributed by atoms with Crippen molar-refractivity contribution in [3.05, 3.63) is 17.5 Å². The lowest BCUT2D eigenvalue weighted by Crippen LogP contribution is -2.42. The fraction of sp³-hybridized carbons (Fsp3) is 0.733. The van der Waals surface area contributed by atoms with E-state index in [0.717, 1.165) is 43.5 Å². The number of carbonyl (C=O) groups is 1. The highest BCUT2D eigenvalue weighted by molar-refractivity contribution is 5.98. The third-order valence-electron chi connectivity index (χ3n) is 4.44. The van der Waals surface area contributed by atoms with Gasteiger partial charge in [-0.2, -0.15) is 5.10 Å². The molecule has 2 aliphatic heterocycles. The van der Waals surface area contributed by atoms with E-state index in [1.165, 1.54) is 0 Å². The molecule has 0 radical (unpaired) electrons. The summed E-state index contributed by atoms with van der Waals surface area (Å²) in [6.07, 6.45) is 5.14. The molecule has 2 aliphatic rings. The molecule has 1 aromatic rings. The second kappa shape index (κ2) is 5.30. The van der Waals surface area contributed by atoms with Crippen molar-refractivity contribution in [1.29, 1.82) is 0 Å². The normalized spacial score (nSPS) is 30.0. The Kier molecular flexibility index (Phi) is 3.65. The van der Waals surface area contributed by atoms with Gasteiger partial charge in [-0.1, -0.05) is 6.92 Å². The fourth-order valence-electron chi connectivity index (χ4n) is 3.34. The molecule has 20 heavy (non-hydrogen) atoms. The Labute approximate surface area is 119 Å². The summed E-state index contributed by atoms with van der Waals surface area (Å²) < 4.78 is 13.1. The van der Waals surface area contributed by atoms with E-state index < -0.39 is 0 Å². The Morgan fingerprint density at radius 3 is 3.10 bits per heavy atom. The van der Waals surface area contributed by atoms with E-state index in [2.05, 4.69) is 5.10 Å².